The minimum Gasteiger partial charge on any atom is -0.486 e. The first-order valence-corrected chi connectivity index (χ1v) is 8.42. The highest BCUT2D eigenvalue weighted by Gasteiger charge is 2.22. The number of hydrogen-bond acceptors (Lipinski definition) is 4. The third-order valence-corrected chi connectivity index (χ3v) is 4.32. The second kappa shape index (κ2) is 7.48. The van der Waals surface area contributed by atoms with Gasteiger partial charge in [0.2, 0.25) is 0 Å². The first-order valence-electron chi connectivity index (χ1n) is 7.28. The van der Waals surface area contributed by atoms with Gasteiger partial charge in [-0.2, -0.15) is 0 Å². The van der Waals surface area contributed by atoms with Crippen LogP contribution in [0.4, 0.5) is 0 Å². The zero-order valence-electron chi connectivity index (χ0n) is 13.1. The van der Waals surface area contributed by atoms with Gasteiger partial charge in [-0.1, -0.05) is 52.1 Å². The molecular formula is C18H12Cl3NO3. The van der Waals surface area contributed by atoms with Crippen molar-refractivity contribution in [3.05, 3.63) is 68.2 Å². The summed E-state index contributed by atoms with van der Waals surface area (Å²) in [5.74, 6) is -0.132. The molecule has 2 aromatic rings. The van der Waals surface area contributed by atoms with E-state index in [2.05, 4.69) is 9.99 Å². The summed E-state index contributed by atoms with van der Waals surface area (Å²) in [6.45, 7) is 1.98. The van der Waals surface area contributed by atoms with E-state index in [1.807, 2.05) is 12.1 Å². The zero-order chi connectivity index (χ0) is 18.0. The topological polar surface area (TPSA) is 47.9 Å². The van der Waals surface area contributed by atoms with Gasteiger partial charge in [-0.25, -0.2) is 4.79 Å². The van der Waals surface area contributed by atoms with Crippen molar-refractivity contribution in [3.63, 3.8) is 0 Å². The Morgan fingerprint density at radius 1 is 1.12 bits per heavy atom. The van der Waals surface area contributed by atoms with Crippen molar-refractivity contribution in [1.29, 1.82) is 0 Å². The van der Waals surface area contributed by atoms with Crippen molar-refractivity contribution < 1.29 is 14.4 Å². The van der Waals surface area contributed by atoms with Gasteiger partial charge in [-0.3, -0.25) is 0 Å². The van der Waals surface area contributed by atoms with Crippen LogP contribution in [0.25, 0.3) is 6.08 Å². The van der Waals surface area contributed by atoms with Gasteiger partial charge in [0, 0.05) is 5.02 Å². The molecule has 25 heavy (non-hydrogen) atoms. The number of oxime groups is 1. The second-order valence-electron chi connectivity index (χ2n) is 5.34. The molecule has 0 fully saturated rings. The van der Waals surface area contributed by atoms with E-state index in [4.69, 9.17) is 39.5 Å². The Hall–Kier alpha value is -2.01. The summed E-state index contributed by atoms with van der Waals surface area (Å²) >= 11 is 18.4. The highest BCUT2D eigenvalue weighted by molar-refractivity contribution is 6.37. The lowest BCUT2D eigenvalue weighted by atomic mass is 10.1. The SMILES string of the molecule is CC1=NOC(=O)/C1=C\c1cc(Cl)c(OCc2ccc(Cl)cc2)c(Cl)c1. The Morgan fingerprint density at radius 2 is 1.76 bits per heavy atom. The molecule has 7 heteroatoms. The van der Waals surface area contributed by atoms with E-state index in [0.717, 1.165) is 5.56 Å². The van der Waals surface area contributed by atoms with Crippen LogP contribution in [0.5, 0.6) is 5.75 Å². The van der Waals surface area contributed by atoms with Crippen LogP contribution in [-0.4, -0.2) is 11.7 Å². The molecule has 0 unspecified atom stereocenters. The lowest BCUT2D eigenvalue weighted by Gasteiger charge is -2.11. The van der Waals surface area contributed by atoms with Gasteiger partial charge in [0.15, 0.2) is 5.75 Å². The minimum absolute atomic E-state index is 0.301. The van der Waals surface area contributed by atoms with Crippen LogP contribution in [0.3, 0.4) is 0 Å². The van der Waals surface area contributed by atoms with Gasteiger partial charge in [0.1, 0.15) is 6.61 Å². The molecule has 0 saturated carbocycles. The highest BCUT2D eigenvalue weighted by Crippen LogP contribution is 2.35. The molecule has 3 rings (SSSR count). The van der Waals surface area contributed by atoms with E-state index >= 15 is 0 Å². The van der Waals surface area contributed by atoms with Crippen LogP contribution < -0.4 is 4.74 Å². The largest absolute Gasteiger partial charge is 0.486 e. The summed E-state index contributed by atoms with van der Waals surface area (Å²) < 4.78 is 5.72. The number of carbonyl (C=O) groups excluding carboxylic acids is 1. The molecule has 0 radical (unpaired) electrons. The second-order valence-corrected chi connectivity index (χ2v) is 6.59. The predicted molar refractivity (Wildman–Crippen MR) is 99.4 cm³/mol. The van der Waals surface area contributed by atoms with Crippen molar-refractivity contribution in [2.45, 2.75) is 13.5 Å². The molecule has 1 aliphatic rings. The maximum absolute atomic E-state index is 11.6. The summed E-state index contributed by atoms with van der Waals surface area (Å²) in [4.78, 5) is 16.2. The standard InChI is InChI=1S/C18H12Cl3NO3/c1-10-14(18(23)25-22-10)6-12-7-15(20)17(16(21)8-12)24-9-11-2-4-13(19)5-3-11/h2-8H,9H2,1H3/b14-6-. The van der Waals surface area contributed by atoms with Crippen molar-refractivity contribution in [1.82, 2.24) is 0 Å². The number of ether oxygens (including phenoxy) is 1. The maximum atomic E-state index is 11.6. The zero-order valence-corrected chi connectivity index (χ0v) is 15.3. The normalized spacial score (nSPS) is 15.3. The van der Waals surface area contributed by atoms with E-state index in [-0.39, 0.29) is 0 Å². The molecular weight excluding hydrogens is 385 g/mol. The lowest BCUT2D eigenvalue weighted by molar-refractivity contribution is -0.136. The van der Waals surface area contributed by atoms with Crippen molar-refractivity contribution in [2.75, 3.05) is 0 Å². The van der Waals surface area contributed by atoms with Crippen LogP contribution in [0, 0.1) is 0 Å². The van der Waals surface area contributed by atoms with E-state index in [9.17, 15) is 4.79 Å². The fourth-order valence-corrected chi connectivity index (χ4v) is 2.96. The predicted octanol–water partition coefficient (Wildman–Crippen LogP) is 5.54. The number of nitrogens with zero attached hydrogens (tertiary/aromatic N) is 1. The molecule has 2 aromatic carbocycles. The Labute approximate surface area is 159 Å². The van der Waals surface area contributed by atoms with Crippen molar-refractivity contribution in [3.8, 4) is 5.75 Å². The fourth-order valence-electron chi connectivity index (χ4n) is 2.22. The molecule has 0 amide bonds. The third-order valence-electron chi connectivity index (χ3n) is 3.50. The summed E-state index contributed by atoms with van der Waals surface area (Å²) in [6.07, 6.45) is 1.62. The van der Waals surface area contributed by atoms with Crippen LogP contribution in [-0.2, 0) is 16.2 Å². The Balaban J connectivity index is 1.81. The quantitative estimate of drug-likeness (QED) is 0.503. The first kappa shape index (κ1) is 17.8. The Kier molecular flexibility index (Phi) is 5.33. The van der Waals surface area contributed by atoms with Gasteiger partial charge in [0.05, 0.1) is 21.3 Å². The monoisotopic (exact) mass is 395 g/mol. The van der Waals surface area contributed by atoms with Crippen molar-refractivity contribution >= 4 is 52.6 Å². The molecule has 0 bridgehead atoms. The van der Waals surface area contributed by atoms with Gasteiger partial charge < -0.3 is 9.57 Å². The number of rotatable bonds is 4. The summed E-state index contributed by atoms with van der Waals surface area (Å²) in [5.41, 5.74) is 2.45. The molecule has 1 aliphatic heterocycles. The molecule has 0 atom stereocenters. The van der Waals surface area contributed by atoms with Crippen LogP contribution in [0.15, 0.2) is 47.1 Å². The summed E-state index contributed by atoms with van der Waals surface area (Å²) in [6, 6.07) is 10.6. The number of benzene rings is 2. The van der Waals surface area contributed by atoms with Gasteiger partial charge >= 0.3 is 5.97 Å². The van der Waals surface area contributed by atoms with Gasteiger partial charge in [-0.05, 0) is 48.4 Å². The Morgan fingerprint density at radius 3 is 2.32 bits per heavy atom. The summed E-state index contributed by atoms with van der Waals surface area (Å²) in [7, 11) is 0. The van der Waals surface area contributed by atoms with E-state index < -0.39 is 5.97 Å². The summed E-state index contributed by atoms with van der Waals surface area (Å²) in [5, 5.41) is 4.96. The minimum atomic E-state index is -0.507. The lowest BCUT2D eigenvalue weighted by Crippen LogP contribution is -2.02. The maximum Gasteiger partial charge on any atom is 0.367 e. The molecule has 0 spiro atoms. The average Bonchev–Trinajstić information content (AvgIpc) is 2.88. The molecule has 1 heterocycles. The third kappa shape index (κ3) is 4.15. The van der Waals surface area contributed by atoms with E-state index in [1.54, 1.807) is 37.3 Å². The van der Waals surface area contributed by atoms with Crippen molar-refractivity contribution in [2.24, 2.45) is 5.16 Å². The molecule has 4 nitrogen and oxygen atoms in total. The Bertz CT molecular complexity index is 866. The van der Waals surface area contributed by atoms with Crippen LogP contribution in [0.1, 0.15) is 18.1 Å². The number of halogens is 3. The van der Waals surface area contributed by atoms with E-state index in [0.29, 0.717) is 44.3 Å². The number of hydrogen-bond donors (Lipinski definition) is 0. The molecule has 0 N–H and O–H groups in total. The van der Waals surface area contributed by atoms with E-state index in [1.165, 1.54) is 0 Å². The molecule has 0 saturated heterocycles. The molecule has 128 valence electrons. The first-order chi connectivity index (χ1) is 11.9. The smallest absolute Gasteiger partial charge is 0.367 e. The van der Waals surface area contributed by atoms with Gasteiger partial charge in [0.25, 0.3) is 0 Å². The van der Waals surface area contributed by atoms with Crippen LogP contribution in [0.2, 0.25) is 15.1 Å². The fraction of sp³-hybridized carbons (Fsp3) is 0.111. The highest BCUT2D eigenvalue weighted by atomic mass is 35.5. The molecule has 0 aliphatic carbocycles. The number of carbonyl (C=O) groups is 1. The average molecular weight is 397 g/mol. The van der Waals surface area contributed by atoms with Gasteiger partial charge in [-0.15, -0.1) is 0 Å². The molecule has 0 aromatic heterocycles. The van der Waals surface area contributed by atoms with Crippen LogP contribution >= 0.6 is 34.8 Å².